The number of hydrogen-bond acceptors (Lipinski definition) is 4. The lowest BCUT2D eigenvalue weighted by molar-refractivity contribution is 0.530. The highest BCUT2D eigenvalue weighted by Gasteiger charge is 2.07. The van der Waals surface area contributed by atoms with E-state index in [9.17, 15) is 8.42 Å². The van der Waals surface area contributed by atoms with Crippen LogP contribution in [0.3, 0.4) is 0 Å². The topological polar surface area (TPSA) is 46.2 Å². The molecule has 1 aromatic heterocycles. The Kier molecular flexibility index (Phi) is 4.76. The maximum atomic E-state index is 10.9. The zero-order chi connectivity index (χ0) is 11.3. The van der Waals surface area contributed by atoms with Crippen molar-refractivity contribution in [1.29, 1.82) is 0 Å². The maximum Gasteiger partial charge on any atom is 0.147 e. The van der Waals surface area contributed by atoms with Crippen molar-refractivity contribution in [1.82, 2.24) is 5.32 Å². The molecule has 86 valence electrons. The van der Waals surface area contributed by atoms with E-state index in [1.54, 1.807) is 11.3 Å². The number of sulfone groups is 1. The van der Waals surface area contributed by atoms with Gasteiger partial charge in [0.05, 0.1) is 5.75 Å². The van der Waals surface area contributed by atoms with Crippen LogP contribution in [0.25, 0.3) is 0 Å². The summed E-state index contributed by atoms with van der Waals surface area (Å²) in [5, 5.41) is 5.34. The zero-order valence-electron chi connectivity index (χ0n) is 9.06. The van der Waals surface area contributed by atoms with Crippen molar-refractivity contribution in [2.45, 2.75) is 25.9 Å². The summed E-state index contributed by atoms with van der Waals surface area (Å²) in [5.41, 5.74) is 0. The zero-order valence-corrected chi connectivity index (χ0v) is 10.7. The summed E-state index contributed by atoms with van der Waals surface area (Å²) in [4.78, 5) is 1.28. The van der Waals surface area contributed by atoms with Crippen molar-refractivity contribution >= 4 is 21.2 Å². The summed E-state index contributed by atoms with van der Waals surface area (Å²) in [6, 6.07) is 4.32. The summed E-state index contributed by atoms with van der Waals surface area (Å²) in [6.45, 7) is 2.83. The van der Waals surface area contributed by atoms with Gasteiger partial charge in [0, 0.05) is 23.7 Å². The smallest absolute Gasteiger partial charge is 0.147 e. The van der Waals surface area contributed by atoms with Crippen LogP contribution >= 0.6 is 11.3 Å². The van der Waals surface area contributed by atoms with Gasteiger partial charge in [-0.05, 0) is 24.8 Å². The van der Waals surface area contributed by atoms with Gasteiger partial charge in [-0.2, -0.15) is 0 Å². The Morgan fingerprint density at radius 2 is 2.27 bits per heavy atom. The Bertz CT molecular complexity index is 370. The maximum absolute atomic E-state index is 10.9. The molecule has 0 spiro atoms. The number of nitrogens with one attached hydrogen (secondary N) is 1. The largest absolute Gasteiger partial charge is 0.309 e. The van der Waals surface area contributed by atoms with E-state index in [0.717, 1.165) is 6.54 Å². The molecule has 3 nitrogen and oxygen atoms in total. The second-order valence-corrected chi connectivity index (χ2v) is 7.07. The Balaban J connectivity index is 2.22. The summed E-state index contributed by atoms with van der Waals surface area (Å²) >= 11 is 1.71. The highest BCUT2D eigenvalue weighted by molar-refractivity contribution is 7.90. The first kappa shape index (κ1) is 12.7. The first-order valence-corrected chi connectivity index (χ1v) is 7.85. The summed E-state index contributed by atoms with van der Waals surface area (Å²) < 4.78 is 21.9. The second-order valence-electron chi connectivity index (χ2n) is 3.78. The lowest BCUT2D eigenvalue weighted by Crippen LogP contribution is -2.27. The van der Waals surface area contributed by atoms with E-state index in [4.69, 9.17) is 0 Å². The van der Waals surface area contributed by atoms with E-state index in [0.29, 0.717) is 6.42 Å². The molecule has 0 saturated carbocycles. The third kappa shape index (κ3) is 5.92. The Morgan fingerprint density at radius 1 is 1.53 bits per heavy atom. The molecule has 1 rings (SSSR count). The van der Waals surface area contributed by atoms with Crippen molar-refractivity contribution in [3.63, 3.8) is 0 Å². The third-order valence-corrected chi connectivity index (χ3v) is 3.98. The van der Waals surface area contributed by atoms with E-state index < -0.39 is 9.84 Å². The predicted octanol–water partition coefficient (Wildman–Crippen LogP) is 1.66. The van der Waals surface area contributed by atoms with E-state index in [1.165, 1.54) is 11.1 Å². The van der Waals surface area contributed by atoms with Crippen LogP contribution in [0.15, 0.2) is 17.5 Å². The fourth-order valence-electron chi connectivity index (χ4n) is 1.18. The van der Waals surface area contributed by atoms with Crippen LogP contribution < -0.4 is 5.32 Å². The fraction of sp³-hybridized carbons (Fsp3) is 0.600. The van der Waals surface area contributed by atoms with E-state index >= 15 is 0 Å². The average molecular weight is 247 g/mol. The third-order valence-electron chi connectivity index (χ3n) is 2.13. The lowest BCUT2D eigenvalue weighted by Gasteiger charge is -2.11. The SMILES string of the molecule is CC(CCS(C)(=O)=O)NCc1cccs1. The van der Waals surface area contributed by atoms with Crippen LogP contribution in [0.4, 0.5) is 0 Å². The molecule has 0 bridgehead atoms. The van der Waals surface area contributed by atoms with Gasteiger partial charge in [-0.3, -0.25) is 0 Å². The Labute approximate surface area is 95.4 Å². The molecule has 0 fully saturated rings. The van der Waals surface area contributed by atoms with Gasteiger partial charge in [0.15, 0.2) is 0 Å². The van der Waals surface area contributed by atoms with Crippen LogP contribution in [0.5, 0.6) is 0 Å². The molecule has 1 aromatic rings. The first-order chi connectivity index (χ1) is 6.97. The molecule has 0 aliphatic rings. The van der Waals surface area contributed by atoms with Crippen LogP contribution in [0.2, 0.25) is 0 Å². The minimum atomic E-state index is -2.83. The fourth-order valence-corrected chi connectivity index (χ4v) is 2.62. The van der Waals surface area contributed by atoms with Crippen molar-refractivity contribution in [2.24, 2.45) is 0 Å². The molecule has 0 aliphatic carbocycles. The van der Waals surface area contributed by atoms with Crippen LogP contribution in [0, 0.1) is 0 Å². The molecule has 15 heavy (non-hydrogen) atoms. The molecule has 0 radical (unpaired) electrons. The van der Waals surface area contributed by atoms with E-state index in [1.807, 2.05) is 18.4 Å². The summed E-state index contributed by atoms with van der Waals surface area (Å²) in [7, 11) is -2.83. The average Bonchev–Trinajstić information content (AvgIpc) is 2.62. The van der Waals surface area contributed by atoms with Gasteiger partial charge in [0.1, 0.15) is 9.84 Å². The molecule has 1 atom stereocenters. The molecular formula is C10H17NO2S2. The quantitative estimate of drug-likeness (QED) is 0.831. The van der Waals surface area contributed by atoms with Gasteiger partial charge in [0.25, 0.3) is 0 Å². The van der Waals surface area contributed by atoms with Crippen LogP contribution in [0.1, 0.15) is 18.2 Å². The predicted molar refractivity (Wildman–Crippen MR) is 64.9 cm³/mol. The molecule has 5 heteroatoms. The second kappa shape index (κ2) is 5.63. The molecule has 0 amide bonds. The molecule has 1 unspecified atom stereocenters. The van der Waals surface area contributed by atoms with Crippen molar-refractivity contribution in [3.8, 4) is 0 Å². The first-order valence-electron chi connectivity index (χ1n) is 4.91. The van der Waals surface area contributed by atoms with Crippen molar-refractivity contribution in [3.05, 3.63) is 22.4 Å². The minimum Gasteiger partial charge on any atom is -0.309 e. The monoisotopic (exact) mass is 247 g/mol. The van der Waals surface area contributed by atoms with Gasteiger partial charge in [-0.25, -0.2) is 8.42 Å². The number of thiophene rings is 1. The highest BCUT2D eigenvalue weighted by atomic mass is 32.2. The van der Waals surface area contributed by atoms with Gasteiger partial charge < -0.3 is 5.32 Å². The molecule has 0 saturated heterocycles. The molecular weight excluding hydrogens is 230 g/mol. The standard InChI is InChI=1S/C10H17NO2S2/c1-9(5-7-15(2,12)13)11-8-10-4-3-6-14-10/h3-4,6,9,11H,5,7-8H2,1-2H3. The summed E-state index contributed by atoms with van der Waals surface area (Å²) in [5.74, 6) is 0.256. The molecule has 0 aromatic carbocycles. The Hall–Kier alpha value is -0.390. The van der Waals surface area contributed by atoms with E-state index in [2.05, 4.69) is 11.4 Å². The number of hydrogen-bond donors (Lipinski definition) is 1. The molecule has 0 aliphatic heterocycles. The van der Waals surface area contributed by atoms with E-state index in [-0.39, 0.29) is 11.8 Å². The minimum absolute atomic E-state index is 0.238. The van der Waals surface area contributed by atoms with Gasteiger partial charge in [-0.15, -0.1) is 11.3 Å². The normalized spacial score (nSPS) is 14.0. The molecule has 1 heterocycles. The van der Waals surface area contributed by atoms with Crippen LogP contribution in [-0.4, -0.2) is 26.5 Å². The van der Waals surface area contributed by atoms with Gasteiger partial charge >= 0.3 is 0 Å². The molecule has 1 N–H and O–H groups in total. The van der Waals surface area contributed by atoms with Gasteiger partial charge in [-0.1, -0.05) is 6.07 Å². The Morgan fingerprint density at radius 3 is 2.80 bits per heavy atom. The highest BCUT2D eigenvalue weighted by Crippen LogP contribution is 2.08. The van der Waals surface area contributed by atoms with Gasteiger partial charge in [0.2, 0.25) is 0 Å². The van der Waals surface area contributed by atoms with Crippen LogP contribution in [-0.2, 0) is 16.4 Å². The lowest BCUT2D eigenvalue weighted by atomic mass is 10.2. The number of rotatable bonds is 6. The summed E-state index contributed by atoms with van der Waals surface area (Å²) in [6.07, 6.45) is 1.95. The van der Waals surface area contributed by atoms with Crippen molar-refractivity contribution in [2.75, 3.05) is 12.0 Å². The van der Waals surface area contributed by atoms with Crippen molar-refractivity contribution < 1.29 is 8.42 Å².